The number of aromatic nitrogens is 3. The van der Waals surface area contributed by atoms with E-state index in [-0.39, 0.29) is 0 Å². The first-order valence-corrected chi connectivity index (χ1v) is 6.38. The van der Waals surface area contributed by atoms with Gasteiger partial charge < -0.3 is 10.6 Å². The molecule has 0 aliphatic heterocycles. The van der Waals surface area contributed by atoms with E-state index in [2.05, 4.69) is 45.7 Å². The summed E-state index contributed by atoms with van der Waals surface area (Å²) >= 11 is 0. The third-order valence-corrected chi connectivity index (χ3v) is 2.52. The van der Waals surface area contributed by atoms with E-state index in [1.54, 1.807) is 30.5 Å². The van der Waals surface area contributed by atoms with Crippen LogP contribution in [-0.4, -0.2) is 21.7 Å². The summed E-state index contributed by atoms with van der Waals surface area (Å²) in [5.41, 5.74) is 1.42. The Labute approximate surface area is 117 Å². The Kier molecular flexibility index (Phi) is 4.45. The lowest BCUT2D eigenvalue weighted by atomic mass is 10.2. The van der Waals surface area contributed by atoms with Crippen LogP contribution < -0.4 is 10.6 Å². The molecule has 102 valence electrons. The number of nitrogens with zero attached hydrogens (tertiary/aromatic N) is 4. The van der Waals surface area contributed by atoms with Gasteiger partial charge in [-0.25, -0.2) is 0 Å². The second kappa shape index (κ2) is 6.48. The number of rotatable bonds is 5. The third-order valence-electron chi connectivity index (χ3n) is 2.52. The highest BCUT2D eigenvalue weighted by molar-refractivity contribution is 5.55. The van der Waals surface area contributed by atoms with Gasteiger partial charge in [0, 0.05) is 12.2 Å². The van der Waals surface area contributed by atoms with Crippen LogP contribution in [0.5, 0.6) is 0 Å². The molecular formula is C14H16N6. The van der Waals surface area contributed by atoms with E-state index in [1.807, 2.05) is 0 Å². The Hall–Kier alpha value is -2.68. The highest BCUT2D eigenvalue weighted by Gasteiger charge is 2.02. The van der Waals surface area contributed by atoms with Gasteiger partial charge in [0.15, 0.2) is 5.82 Å². The first-order valence-electron chi connectivity index (χ1n) is 6.38. The average Bonchev–Trinajstić information content (AvgIpc) is 2.46. The quantitative estimate of drug-likeness (QED) is 0.866. The van der Waals surface area contributed by atoms with Crippen molar-refractivity contribution in [2.45, 2.75) is 13.8 Å². The highest BCUT2D eigenvalue weighted by atomic mass is 15.3. The van der Waals surface area contributed by atoms with Crippen LogP contribution in [0.15, 0.2) is 30.5 Å². The van der Waals surface area contributed by atoms with Gasteiger partial charge in [0.1, 0.15) is 0 Å². The molecule has 0 aliphatic carbocycles. The van der Waals surface area contributed by atoms with Crippen molar-refractivity contribution in [1.82, 2.24) is 15.2 Å². The van der Waals surface area contributed by atoms with E-state index in [9.17, 15) is 0 Å². The van der Waals surface area contributed by atoms with Crippen molar-refractivity contribution in [3.05, 3.63) is 36.0 Å². The van der Waals surface area contributed by atoms with E-state index < -0.39 is 0 Å². The fourth-order valence-corrected chi connectivity index (χ4v) is 1.51. The molecule has 1 aromatic heterocycles. The maximum atomic E-state index is 8.75. The number of hydrogen-bond acceptors (Lipinski definition) is 6. The van der Waals surface area contributed by atoms with Crippen LogP contribution in [0, 0.1) is 17.2 Å². The van der Waals surface area contributed by atoms with Crippen LogP contribution in [0.3, 0.4) is 0 Å². The minimum atomic E-state index is 0.420. The normalized spacial score (nSPS) is 10.1. The zero-order valence-corrected chi connectivity index (χ0v) is 11.5. The molecule has 1 aromatic carbocycles. The molecule has 0 fully saturated rings. The van der Waals surface area contributed by atoms with Crippen molar-refractivity contribution >= 4 is 17.5 Å². The fraction of sp³-hybridized carbons (Fsp3) is 0.286. The van der Waals surface area contributed by atoms with Crippen LogP contribution in [0.2, 0.25) is 0 Å². The number of nitrogens with one attached hydrogen (secondary N) is 2. The van der Waals surface area contributed by atoms with Gasteiger partial charge in [-0.05, 0) is 30.2 Å². The molecule has 0 bridgehead atoms. The number of hydrogen-bond donors (Lipinski definition) is 2. The third kappa shape index (κ3) is 3.92. The summed E-state index contributed by atoms with van der Waals surface area (Å²) in [6.45, 7) is 5.07. The second-order valence-electron chi connectivity index (χ2n) is 4.75. The average molecular weight is 268 g/mol. The van der Waals surface area contributed by atoms with Crippen molar-refractivity contribution in [1.29, 1.82) is 5.26 Å². The van der Waals surface area contributed by atoms with Gasteiger partial charge in [0.25, 0.3) is 0 Å². The Morgan fingerprint density at radius 1 is 1.25 bits per heavy atom. The molecule has 0 amide bonds. The Bertz CT molecular complexity index is 600. The largest absolute Gasteiger partial charge is 0.368 e. The lowest BCUT2D eigenvalue weighted by Gasteiger charge is -2.09. The minimum absolute atomic E-state index is 0.420. The predicted molar refractivity (Wildman–Crippen MR) is 77.6 cm³/mol. The van der Waals surface area contributed by atoms with Crippen LogP contribution in [0.1, 0.15) is 19.4 Å². The molecule has 0 aliphatic rings. The summed E-state index contributed by atoms with van der Waals surface area (Å²) in [5, 5.41) is 22.8. The van der Waals surface area contributed by atoms with Crippen LogP contribution in [-0.2, 0) is 0 Å². The molecule has 1 heterocycles. The lowest BCUT2D eigenvalue weighted by Crippen LogP contribution is -2.10. The van der Waals surface area contributed by atoms with E-state index >= 15 is 0 Å². The van der Waals surface area contributed by atoms with E-state index in [0.717, 1.165) is 12.2 Å². The molecule has 0 atom stereocenters. The second-order valence-corrected chi connectivity index (χ2v) is 4.75. The van der Waals surface area contributed by atoms with Crippen LogP contribution in [0.4, 0.5) is 17.5 Å². The minimum Gasteiger partial charge on any atom is -0.368 e. The maximum absolute atomic E-state index is 8.75. The van der Waals surface area contributed by atoms with Gasteiger partial charge in [-0.1, -0.05) is 13.8 Å². The van der Waals surface area contributed by atoms with Crippen LogP contribution >= 0.6 is 0 Å². The molecule has 2 rings (SSSR count). The number of anilines is 3. The van der Waals surface area contributed by atoms with Gasteiger partial charge in [0.2, 0.25) is 5.95 Å². The van der Waals surface area contributed by atoms with Crippen molar-refractivity contribution in [2.24, 2.45) is 5.92 Å². The standard InChI is InChI=1S/C14H16N6/c1-10(2)8-16-13-9-17-20-14(19-13)18-12-5-3-11(7-15)4-6-12/h3-6,9-10H,8H2,1-2H3,(H2,16,18,19,20). The van der Waals surface area contributed by atoms with Crippen molar-refractivity contribution < 1.29 is 0 Å². The Morgan fingerprint density at radius 3 is 2.65 bits per heavy atom. The summed E-state index contributed by atoms with van der Waals surface area (Å²) in [7, 11) is 0. The van der Waals surface area contributed by atoms with Gasteiger partial charge >= 0.3 is 0 Å². The van der Waals surface area contributed by atoms with Crippen molar-refractivity contribution in [2.75, 3.05) is 17.2 Å². The summed E-state index contributed by atoms with van der Waals surface area (Å²) in [5.74, 6) is 1.63. The first kappa shape index (κ1) is 13.7. The van der Waals surface area contributed by atoms with Gasteiger partial charge in [-0.2, -0.15) is 15.3 Å². The number of benzene rings is 1. The molecule has 20 heavy (non-hydrogen) atoms. The Balaban J connectivity index is 2.05. The monoisotopic (exact) mass is 268 g/mol. The summed E-state index contributed by atoms with van der Waals surface area (Å²) < 4.78 is 0. The molecule has 0 saturated heterocycles. The van der Waals surface area contributed by atoms with Gasteiger partial charge in [-0.3, -0.25) is 0 Å². The molecular weight excluding hydrogens is 252 g/mol. The first-order chi connectivity index (χ1) is 9.67. The molecule has 2 N–H and O–H groups in total. The molecule has 0 unspecified atom stereocenters. The van der Waals surface area contributed by atoms with Crippen LogP contribution in [0.25, 0.3) is 0 Å². The topological polar surface area (TPSA) is 86.5 Å². The van der Waals surface area contributed by atoms with Gasteiger partial charge in [0.05, 0.1) is 17.8 Å². The summed E-state index contributed by atoms with van der Waals surface area (Å²) in [4.78, 5) is 4.32. The molecule has 6 nitrogen and oxygen atoms in total. The summed E-state index contributed by atoms with van der Waals surface area (Å²) in [6, 6.07) is 9.14. The van der Waals surface area contributed by atoms with Gasteiger partial charge in [-0.15, -0.1) is 5.10 Å². The molecule has 6 heteroatoms. The zero-order valence-electron chi connectivity index (χ0n) is 11.5. The van der Waals surface area contributed by atoms with E-state index in [1.165, 1.54) is 0 Å². The Morgan fingerprint density at radius 2 is 2.00 bits per heavy atom. The maximum Gasteiger partial charge on any atom is 0.249 e. The highest BCUT2D eigenvalue weighted by Crippen LogP contribution is 2.14. The predicted octanol–water partition coefficient (Wildman–Crippen LogP) is 2.55. The van der Waals surface area contributed by atoms with E-state index in [0.29, 0.717) is 23.2 Å². The lowest BCUT2D eigenvalue weighted by molar-refractivity contribution is 0.686. The van der Waals surface area contributed by atoms with Crippen molar-refractivity contribution in [3.63, 3.8) is 0 Å². The SMILES string of the molecule is CC(C)CNc1cnnc(Nc2ccc(C#N)cc2)n1. The molecule has 0 spiro atoms. The summed E-state index contributed by atoms with van der Waals surface area (Å²) in [6.07, 6.45) is 1.59. The number of nitriles is 1. The molecule has 0 radical (unpaired) electrons. The molecule has 0 saturated carbocycles. The molecule has 2 aromatic rings. The fourth-order valence-electron chi connectivity index (χ4n) is 1.51. The smallest absolute Gasteiger partial charge is 0.249 e. The van der Waals surface area contributed by atoms with E-state index in [4.69, 9.17) is 5.26 Å². The zero-order chi connectivity index (χ0) is 14.4. The van der Waals surface area contributed by atoms with Crippen molar-refractivity contribution in [3.8, 4) is 6.07 Å².